The predicted molar refractivity (Wildman–Crippen MR) is 135 cm³/mol. The summed E-state index contributed by atoms with van der Waals surface area (Å²) in [5, 5.41) is 10.8. The molecule has 1 aliphatic carbocycles. The van der Waals surface area contributed by atoms with E-state index in [0.717, 1.165) is 54.0 Å². The number of aromatic nitrogens is 4. The average Bonchev–Trinajstić information content (AvgIpc) is 3.50. The highest BCUT2D eigenvalue weighted by molar-refractivity contribution is 7.14. The molecule has 0 radical (unpaired) electrons. The number of anilines is 2. The number of carbonyl (C=O) groups is 1. The molecule has 1 aliphatic heterocycles. The van der Waals surface area contributed by atoms with Gasteiger partial charge >= 0.3 is 0 Å². The molecule has 1 unspecified atom stereocenters. The Morgan fingerprint density at radius 2 is 2.11 bits per heavy atom. The Morgan fingerprint density at radius 1 is 1.17 bits per heavy atom. The number of hydrogen-bond donors (Lipinski definition) is 2. The van der Waals surface area contributed by atoms with E-state index >= 15 is 0 Å². The lowest BCUT2D eigenvalue weighted by molar-refractivity contribution is 0.0936. The van der Waals surface area contributed by atoms with E-state index < -0.39 is 0 Å². The van der Waals surface area contributed by atoms with Gasteiger partial charge in [0.1, 0.15) is 0 Å². The summed E-state index contributed by atoms with van der Waals surface area (Å²) in [6, 6.07) is 12.2. The van der Waals surface area contributed by atoms with E-state index in [9.17, 15) is 4.79 Å². The maximum Gasteiger partial charge on any atom is 0.261 e. The molecule has 8 nitrogen and oxygen atoms in total. The van der Waals surface area contributed by atoms with E-state index in [1.54, 1.807) is 22.2 Å². The van der Waals surface area contributed by atoms with Crippen LogP contribution in [0, 0.1) is 0 Å². The van der Waals surface area contributed by atoms with Crippen LogP contribution < -0.4 is 10.6 Å². The molecule has 4 heterocycles. The van der Waals surface area contributed by atoms with Crippen LogP contribution in [-0.4, -0.2) is 32.3 Å². The fourth-order valence-corrected chi connectivity index (χ4v) is 5.84. The van der Waals surface area contributed by atoms with Crippen molar-refractivity contribution in [2.24, 2.45) is 7.05 Å². The lowest BCUT2D eigenvalue weighted by atomic mass is 9.86. The van der Waals surface area contributed by atoms with E-state index in [2.05, 4.69) is 43.9 Å². The van der Waals surface area contributed by atoms with Gasteiger partial charge in [-0.15, -0.1) is 11.3 Å². The molecule has 1 amide bonds. The van der Waals surface area contributed by atoms with Crippen molar-refractivity contribution < 1.29 is 9.53 Å². The molecule has 0 spiro atoms. The lowest BCUT2D eigenvalue weighted by Gasteiger charge is -2.27. The Balaban J connectivity index is 1.20. The van der Waals surface area contributed by atoms with Crippen LogP contribution in [0.2, 0.25) is 0 Å². The number of fused-ring (bicyclic) bond motifs is 2. The Labute approximate surface area is 207 Å². The van der Waals surface area contributed by atoms with Crippen molar-refractivity contribution in [2.75, 3.05) is 11.9 Å². The van der Waals surface area contributed by atoms with Crippen LogP contribution in [0.5, 0.6) is 0 Å². The third kappa shape index (κ3) is 4.56. The van der Waals surface area contributed by atoms with Crippen LogP contribution in [0.25, 0.3) is 11.3 Å². The fourth-order valence-electron chi connectivity index (χ4n) is 4.79. The molecule has 2 aliphatic rings. The zero-order valence-electron chi connectivity index (χ0n) is 19.5. The van der Waals surface area contributed by atoms with Gasteiger partial charge in [-0.25, -0.2) is 9.97 Å². The van der Waals surface area contributed by atoms with Crippen molar-refractivity contribution >= 4 is 29.0 Å². The number of aryl methyl sites for hydroxylation is 2. The molecule has 1 aromatic carbocycles. The number of rotatable bonds is 5. The topological polar surface area (TPSA) is 94.0 Å². The first kappa shape index (κ1) is 21.9. The van der Waals surface area contributed by atoms with Gasteiger partial charge in [-0.3, -0.25) is 9.48 Å². The Kier molecular flexibility index (Phi) is 5.79. The van der Waals surface area contributed by atoms with Crippen LogP contribution in [0.1, 0.15) is 50.1 Å². The normalized spacial score (nSPS) is 16.9. The standard InChI is InChI=1S/C26H26N6O2S/c1-32-11-8-24(31-32)30-26-27-10-7-20(29-26)17-5-6-19-16(13-17)3-2-4-21(19)28-25(33)23-14-18-15-34-12-9-22(18)35-23/h5-8,10-11,13-14,21H,2-4,9,12,15H2,1H3,(H,28,33)(H,27,29,30,31). The number of hydrogen-bond acceptors (Lipinski definition) is 7. The van der Waals surface area contributed by atoms with E-state index in [-0.39, 0.29) is 11.9 Å². The number of ether oxygens (including phenoxy) is 1. The van der Waals surface area contributed by atoms with Gasteiger partial charge in [0.15, 0.2) is 5.82 Å². The van der Waals surface area contributed by atoms with Gasteiger partial charge in [0.25, 0.3) is 5.91 Å². The van der Waals surface area contributed by atoms with Crippen LogP contribution in [0.15, 0.2) is 48.8 Å². The third-order valence-corrected chi connectivity index (χ3v) is 7.75. The quantitative estimate of drug-likeness (QED) is 0.429. The summed E-state index contributed by atoms with van der Waals surface area (Å²) < 4.78 is 7.26. The summed E-state index contributed by atoms with van der Waals surface area (Å²) >= 11 is 1.60. The summed E-state index contributed by atoms with van der Waals surface area (Å²) in [6.45, 7) is 1.34. The molecule has 0 saturated carbocycles. The number of amides is 1. The summed E-state index contributed by atoms with van der Waals surface area (Å²) in [5.74, 6) is 1.22. The van der Waals surface area contributed by atoms with Gasteiger partial charge in [0, 0.05) is 42.4 Å². The van der Waals surface area contributed by atoms with E-state index in [1.807, 2.05) is 31.4 Å². The SMILES string of the molecule is Cn1ccc(Nc2nccc(-c3ccc4c(c3)CCCC4NC(=O)c3cc4c(s3)CCOC4)n2)n1. The van der Waals surface area contributed by atoms with Gasteiger partial charge < -0.3 is 15.4 Å². The van der Waals surface area contributed by atoms with Gasteiger partial charge in [0.05, 0.1) is 29.8 Å². The van der Waals surface area contributed by atoms with Crippen LogP contribution in [0.3, 0.4) is 0 Å². The molecule has 0 saturated heterocycles. The van der Waals surface area contributed by atoms with Gasteiger partial charge in [-0.05, 0) is 54.2 Å². The largest absolute Gasteiger partial charge is 0.376 e. The van der Waals surface area contributed by atoms with Gasteiger partial charge in [-0.1, -0.05) is 12.1 Å². The maximum atomic E-state index is 13.0. The minimum absolute atomic E-state index is 0.00682. The Morgan fingerprint density at radius 3 is 2.97 bits per heavy atom. The van der Waals surface area contributed by atoms with Crippen LogP contribution in [0.4, 0.5) is 11.8 Å². The molecule has 35 heavy (non-hydrogen) atoms. The zero-order valence-corrected chi connectivity index (χ0v) is 20.3. The molecule has 0 fully saturated rings. The highest BCUT2D eigenvalue weighted by atomic mass is 32.1. The highest BCUT2D eigenvalue weighted by Crippen LogP contribution is 2.34. The third-order valence-electron chi connectivity index (χ3n) is 6.52. The molecule has 3 aromatic heterocycles. The summed E-state index contributed by atoms with van der Waals surface area (Å²) in [7, 11) is 1.87. The van der Waals surface area contributed by atoms with Gasteiger partial charge in [-0.2, -0.15) is 5.10 Å². The number of benzene rings is 1. The highest BCUT2D eigenvalue weighted by Gasteiger charge is 2.25. The maximum absolute atomic E-state index is 13.0. The van der Waals surface area contributed by atoms with E-state index in [0.29, 0.717) is 18.4 Å². The predicted octanol–water partition coefficient (Wildman–Crippen LogP) is 4.56. The second-order valence-electron chi connectivity index (χ2n) is 8.96. The summed E-state index contributed by atoms with van der Waals surface area (Å²) in [6.07, 6.45) is 7.48. The van der Waals surface area contributed by atoms with E-state index in [4.69, 9.17) is 4.74 Å². The molecule has 1 atom stereocenters. The van der Waals surface area contributed by atoms with E-state index in [1.165, 1.54) is 16.0 Å². The molecule has 9 heteroatoms. The van der Waals surface area contributed by atoms with Crippen molar-refractivity contribution in [2.45, 2.75) is 38.3 Å². The van der Waals surface area contributed by atoms with Crippen LogP contribution >= 0.6 is 11.3 Å². The number of nitrogens with one attached hydrogen (secondary N) is 2. The first-order valence-electron chi connectivity index (χ1n) is 11.9. The van der Waals surface area contributed by atoms with Crippen molar-refractivity contribution in [1.29, 1.82) is 0 Å². The monoisotopic (exact) mass is 486 g/mol. The van der Waals surface area contributed by atoms with Crippen molar-refractivity contribution in [3.05, 3.63) is 75.2 Å². The van der Waals surface area contributed by atoms with Crippen molar-refractivity contribution in [3.8, 4) is 11.3 Å². The Bertz CT molecular complexity index is 1370. The van der Waals surface area contributed by atoms with Crippen LogP contribution in [-0.2, 0) is 31.2 Å². The minimum Gasteiger partial charge on any atom is -0.376 e. The fraction of sp³-hybridized carbons (Fsp3) is 0.308. The molecule has 0 bridgehead atoms. The molecular formula is C26H26N6O2S. The van der Waals surface area contributed by atoms with Gasteiger partial charge in [0.2, 0.25) is 5.95 Å². The molecule has 6 rings (SSSR count). The lowest BCUT2D eigenvalue weighted by Crippen LogP contribution is -2.30. The number of carbonyl (C=O) groups excluding carboxylic acids is 1. The summed E-state index contributed by atoms with van der Waals surface area (Å²) in [4.78, 5) is 24.1. The Hall–Kier alpha value is -3.56. The molecule has 2 N–H and O–H groups in total. The second-order valence-corrected chi connectivity index (χ2v) is 10.1. The zero-order chi connectivity index (χ0) is 23.8. The second kappa shape index (κ2) is 9.24. The first-order chi connectivity index (χ1) is 17.1. The molecule has 178 valence electrons. The number of thiophene rings is 1. The summed E-state index contributed by atoms with van der Waals surface area (Å²) in [5.41, 5.74) is 5.49. The molecular weight excluding hydrogens is 460 g/mol. The first-order valence-corrected chi connectivity index (χ1v) is 12.7. The average molecular weight is 487 g/mol. The molecule has 4 aromatic rings. The minimum atomic E-state index is 0.00682. The van der Waals surface area contributed by atoms with Crippen molar-refractivity contribution in [3.63, 3.8) is 0 Å². The van der Waals surface area contributed by atoms with Crippen molar-refractivity contribution in [1.82, 2.24) is 25.1 Å². The number of nitrogens with zero attached hydrogens (tertiary/aromatic N) is 4. The smallest absolute Gasteiger partial charge is 0.261 e.